The zero-order chi connectivity index (χ0) is 20.8. The van der Waals surface area contributed by atoms with Gasteiger partial charge in [0, 0.05) is 24.1 Å². The van der Waals surface area contributed by atoms with Gasteiger partial charge in [0.25, 0.3) is 5.91 Å². The number of nitrogens with one attached hydrogen (secondary N) is 4. The standard InChI is InChI=1S/C21H26FN5O2/c1-13(2)23-21(25-20(28)15-6-10-17(29-3)11-7-15)24-19-12-18(26-27-19)14-4-8-16(22)9-5-14/h4-11,13,18-19,26-27H,12H2,1-3H3,(H2,23,24,25,28). The SMILES string of the molecule is COc1ccc(C(=O)NC(=NC2CC(c3ccc(F)cc3)NN2)NC(C)C)cc1. The van der Waals surface area contributed by atoms with Crippen molar-refractivity contribution in [2.75, 3.05) is 7.11 Å². The van der Waals surface area contributed by atoms with E-state index >= 15 is 0 Å². The predicted molar refractivity (Wildman–Crippen MR) is 110 cm³/mol. The normalized spacial score (nSPS) is 19.3. The van der Waals surface area contributed by atoms with Gasteiger partial charge in [-0.3, -0.25) is 10.1 Å². The molecule has 8 heteroatoms. The summed E-state index contributed by atoms with van der Waals surface area (Å²) in [7, 11) is 1.58. The largest absolute Gasteiger partial charge is 0.497 e. The Morgan fingerprint density at radius 3 is 2.45 bits per heavy atom. The number of carbonyl (C=O) groups excluding carboxylic acids is 1. The zero-order valence-corrected chi connectivity index (χ0v) is 16.7. The molecule has 0 radical (unpaired) electrons. The van der Waals surface area contributed by atoms with Crippen LogP contribution < -0.4 is 26.2 Å². The maximum absolute atomic E-state index is 13.1. The van der Waals surface area contributed by atoms with Crippen molar-refractivity contribution in [3.05, 3.63) is 65.5 Å². The van der Waals surface area contributed by atoms with Crippen LogP contribution in [0.3, 0.4) is 0 Å². The molecule has 1 fully saturated rings. The van der Waals surface area contributed by atoms with E-state index in [2.05, 4.69) is 26.5 Å². The fourth-order valence-corrected chi connectivity index (χ4v) is 2.99. The van der Waals surface area contributed by atoms with Crippen molar-refractivity contribution in [1.82, 2.24) is 21.5 Å². The van der Waals surface area contributed by atoms with Crippen molar-refractivity contribution in [2.45, 2.75) is 38.5 Å². The molecule has 154 valence electrons. The monoisotopic (exact) mass is 399 g/mol. The lowest BCUT2D eigenvalue weighted by Gasteiger charge is -2.16. The van der Waals surface area contributed by atoms with Gasteiger partial charge in [-0.1, -0.05) is 12.1 Å². The number of benzene rings is 2. The van der Waals surface area contributed by atoms with Crippen LogP contribution in [0, 0.1) is 5.82 Å². The van der Waals surface area contributed by atoms with Crippen molar-refractivity contribution in [2.24, 2.45) is 4.99 Å². The summed E-state index contributed by atoms with van der Waals surface area (Å²) < 4.78 is 18.3. The van der Waals surface area contributed by atoms with Gasteiger partial charge in [0.15, 0.2) is 5.96 Å². The fraction of sp³-hybridized carbons (Fsp3) is 0.333. The molecule has 0 saturated carbocycles. The van der Waals surface area contributed by atoms with E-state index in [0.717, 1.165) is 5.56 Å². The van der Waals surface area contributed by atoms with Gasteiger partial charge < -0.3 is 10.1 Å². The number of hydrogen-bond acceptors (Lipinski definition) is 5. The summed E-state index contributed by atoms with van der Waals surface area (Å²) in [6, 6.07) is 13.3. The predicted octanol–water partition coefficient (Wildman–Crippen LogP) is 2.48. The summed E-state index contributed by atoms with van der Waals surface area (Å²) in [6.45, 7) is 3.94. The Hall–Kier alpha value is -2.97. The van der Waals surface area contributed by atoms with Crippen molar-refractivity contribution >= 4 is 11.9 Å². The lowest BCUT2D eigenvalue weighted by Crippen LogP contribution is -2.45. The molecule has 3 rings (SSSR count). The molecular formula is C21H26FN5O2. The average Bonchev–Trinajstić information content (AvgIpc) is 3.16. The van der Waals surface area contributed by atoms with E-state index in [1.807, 2.05) is 13.8 Å². The van der Waals surface area contributed by atoms with Gasteiger partial charge in [0.2, 0.25) is 0 Å². The second-order valence-electron chi connectivity index (χ2n) is 7.10. The molecule has 2 unspecified atom stereocenters. The summed E-state index contributed by atoms with van der Waals surface area (Å²) >= 11 is 0. The number of halogens is 1. The van der Waals surface area contributed by atoms with Gasteiger partial charge in [0.05, 0.1) is 7.11 Å². The Balaban J connectivity index is 1.68. The minimum absolute atomic E-state index is 0.00180. The molecule has 0 bridgehead atoms. The molecular weight excluding hydrogens is 373 g/mol. The summed E-state index contributed by atoms with van der Waals surface area (Å²) in [5.41, 5.74) is 7.75. The smallest absolute Gasteiger partial charge is 0.257 e. The third-order valence-corrected chi connectivity index (χ3v) is 4.45. The first-order valence-electron chi connectivity index (χ1n) is 9.51. The van der Waals surface area contributed by atoms with Crippen LogP contribution in [0.25, 0.3) is 0 Å². The number of nitrogens with zero attached hydrogens (tertiary/aromatic N) is 1. The number of methoxy groups -OCH3 is 1. The molecule has 29 heavy (non-hydrogen) atoms. The summed E-state index contributed by atoms with van der Waals surface area (Å²) in [5, 5.41) is 6.00. The van der Waals surface area contributed by atoms with Gasteiger partial charge in [-0.15, -0.1) is 0 Å². The molecule has 1 heterocycles. The van der Waals surface area contributed by atoms with Crippen molar-refractivity contribution in [3.8, 4) is 5.75 Å². The first-order valence-corrected chi connectivity index (χ1v) is 9.51. The molecule has 2 aromatic rings. The molecule has 1 amide bonds. The second-order valence-corrected chi connectivity index (χ2v) is 7.10. The minimum Gasteiger partial charge on any atom is -0.497 e. The highest BCUT2D eigenvalue weighted by Gasteiger charge is 2.25. The average molecular weight is 399 g/mol. The Labute approximate surface area is 169 Å². The quantitative estimate of drug-likeness (QED) is 0.458. The summed E-state index contributed by atoms with van der Waals surface area (Å²) in [4.78, 5) is 17.2. The summed E-state index contributed by atoms with van der Waals surface area (Å²) in [6.07, 6.45) is 0.412. The lowest BCUT2D eigenvalue weighted by atomic mass is 10.0. The third-order valence-electron chi connectivity index (χ3n) is 4.45. The van der Waals surface area contributed by atoms with Gasteiger partial charge in [-0.2, -0.15) is 0 Å². The van der Waals surface area contributed by atoms with Gasteiger partial charge in [-0.25, -0.2) is 20.2 Å². The van der Waals surface area contributed by atoms with E-state index in [9.17, 15) is 9.18 Å². The number of guanidine groups is 1. The molecule has 0 aliphatic carbocycles. The maximum atomic E-state index is 13.1. The number of hydrazine groups is 1. The Morgan fingerprint density at radius 2 is 1.83 bits per heavy atom. The number of aliphatic imine (C=N–C) groups is 1. The molecule has 4 N–H and O–H groups in total. The molecule has 2 aromatic carbocycles. The molecule has 1 aliphatic heterocycles. The minimum atomic E-state index is -0.265. The highest BCUT2D eigenvalue weighted by atomic mass is 19.1. The van der Waals surface area contributed by atoms with Crippen LogP contribution in [0.4, 0.5) is 4.39 Å². The van der Waals surface area contributed by atoms with Crippen LogP contribution in [0.1, 0.15) is 42.2 Å². The number of ether oxygens (including phenoxy) is 1. The Kier molecular flexibility index (Phi) is 6.79. The molecule has 1 aliphatic rings. The summed E-state index contributed by atoms with van der Waals surface area (Å²) in [5.74, 6) is 0.545. The molecule has 0 spiro atoms. The van der Waals surface area contributed by atoms with Gasteiger partial charge >= 0.3 is 0 Å². The lowest BCUT2D eigenvalue weighted by molar-refractivity contribution is 0.0975. The number of hydrogen-bond donors (Lipinski definition) is 4. The first-order chi connectivity index (χ1) is 13.9. The molecule has 0 aromatic heterocycles. The van der Waals surface area contributed by atoms with Crippen molar-refractivity contribution in [3.63, 3.8) is 0 Å². The van der Waals surface area contributed by atoms with Crippen LogP contribution in [0.5, 0.6) is 5.75 Å². The van der Waals surface area contributed by atoms with E-state index in [0.29, 0.717) is 23.7 Å². The molecule has 7 nitrogen and oxygen atoms in total. The van der Waals surface area contributed by atoms with Crippen LogP contribution >= 0.6 is 0 Å². The zero-order valence-electron chi connectivity index (χ0n) is 16.7. The molecule has 1 saturated heterocycles. The number of carbonyl (C=O) groups is 1. The number of rotatable bonds is 5. The van der Waals surface area contributed by atoms with Crippen LogP contribution in [-0.4, -0.2) is 31.2 Å². The van der Waals surface area contributed by atoms with Crippen LogP contribution in [0.15, 0.2) is 53.5 Å². The molecule has 2 atom stereocenters. The van der Waals surface area contributed by atoms with Gasteiger partial charge in [-0.05, 0) is 55.8 Å². The fourth-order valence-electron chi connectivity index (χ4n) is 2.99. The highest BCUT2D eigenvalue weighted by Crippen LogP contribution is 2.22. The van der Waals surface area contributed by atoms with Crippen LogP contribution in [0.2, 0.25) is 0 Å². The van der Waals surface area contributed by atoms with E-state index in [1.54, 1.807) is 43.5 Å². The van der Waals surface area contributed by atoms with Crippen LogP contribution in [-0.2, 0) is 0 Å². The van der Waals surface area contributed by atoms with E-state index < -0.39 is 0 Å². The van der Waals surface area contributed by atoms with E-state index in [1.165, 1.54) is 12.1 Å². The Morgan fingerprint density at radius 1 is 1.14 bits per heavy atom. The third kappa shape index (κ3) is 5.75. The van der Waals surface area contributed by atoms with Crippen molar-refractivity contribution < 1.29 is 13.9 Å². The second kappa shape index (κ2) is 9.49. The maximum Gasteiger partial charge on any atom is 0.257 e. The topological polar surface area (TPSA) is 86.8 Å². The van der Waals surface area contributed by atoms with E-state index in [4.69, 9.17) is 4.74 Å². The first kappa shape index (κ1) is 20.8. The van der Waals surface area contributed by atoms with E-state index in [-0.39, 0.29) is 30.0 Å². The Bertz CT molecular complexity index is 852. The van der Waals surface area contributed by atoms with Gasteiger partial charge in [0.1, 0.15) is 17.7 Å². The van der Waals surface area contributed by atoms with Crippen molar-refractivity contribution in [1.29, 1.82) is 0 Å². The highest BCUT2D eigenvalue weighted by molar-refractivity contribution is 6.05. The number of amides is 1.